The molecule has 0 aliphatic heterocycles. The van der Waals surface area contributed by atoms with Crippen LogP contribution in [0.3, 0.4) is 0 Å². The standard InChI is InChI=1S/C11H11ClN6O/c1-2-5-18(13)10-15-9(16-11(19)17-10)8-6-7(12)3-4-14-8/h2-4,6H,1,5,13H2,(H,15,16,17,19). The van der Waals surface area contributed by atoms with E-state index in [4.69, 9.17) is 17.4 Å². The highest BCUT2D eigenvalue weighted by Gasteiger charge is 2.10. The third-order valence-corrected chi connectivity index (χ3v) is 2.42. The Balaban J connectivity index is 2.47. The number of nitrogens with one attached hydrogen (secondary N) is 1. The molecular formula is C11H11ClN6O. The lowest BCUT2D eigenvalue weighted by atomic mass is 10.3. The number of halogens is 1. The summed E-state index contributed by atoms with van der Waals surface area (Å²) in [5.74, 6) is 6.02. The van der Waals surface area contributed by atoms with Crippen LogP contribution in [0.4, 0.5) is 5.95 Å². The first-order chi connectivity index (χ1) is 9.10. The lowest BCUT2D eigenvalue weighted by Gasteiger charge is -2.13. The second kappa shape index (κ2) is 5.59. The molecule has 2 aromatic rings. The molecule has 7 nitrogen and oxygen atoms in total. The zero-order valence-electron chi connectivity index (χ0n) is 9.88. The molecule has 0 atom stereocenters. The van der Waals surface area contributed by atoms with E-state index in [9.17, 15) is 4.79 Å². The number of aromatic amines is 1. The zero-order valence-corrected chi connectivity index (χ0v) is 10.6. The first kappa shape index (κ1) is 13.2. The van der Waals surface area contributed by atoms with Gasteiger partial charge in [0.15, 0.2) is 5.82 Å². The Morgan fingerprint density at radius 2 is 2.32 bits per heavy atom. The average Bonchev–Trinajstić information content (AvgIpc) is 2.38. The molecule has 8 heteroatoms. The van der Waals surface area contributed by atoms with Crippen LogP contribution in [-0.4, -0.2) is 26.5 Å². The minimum Gasteiger partial charge on any atom is -0.288 e. The summed E-state index contributed by atoms with van der Waals surface area (Å²) in [6.07, 6.45) is 3.09. The van der Waals surface area contributed by atoms with Gasteiger partial charge in [0, 0.05) is 11.2 Å². The van der Waals surface area contributed by atoms with Gasteiger partial charge in [-0.25, -0.2) is 10.6 Å². The van der Waals surface area contributed by atoms with Crippen molar-refractivity contribution >= 4 is 17.5 Å². The molecule has 0 aliphatic carbocycles. The van der Waals surface area contributed by atoms with E-state index in [0.717, 1.165) is 0 Å². The summed E-state index contributed by atoms with van der Waals surface area (Å²) >= 11 is 5.86. The van der Waals surface area contributed by atoms with Crippen molar-refractivity contribution in [2.45, 2.75) is 0 Å². The lowest BCUT2D eigenvalue weighted by molar-refractivity contribution is 0.845. The van der Waals surface area contributed by atoms with Crippen LogP contribution >= 0.6 is 11.6 Å². The third-order valence-electron chi connectivity index (χ3n) is 2.19. The van der Waals surface area contributed by atoms with Crippen molar-refractivity contribution in [1.82, 2.24) is 19.9 Å². The van der Waals surface area contributed by atoms with Crippen LogP contribution in [-0.2, 0) is 0 Å². The summed E-state index contributed by atoms with van der Waals surface area (Å²) in [5.41, 5.74) is -0.137. The molecule has 0 radical (unpaired) electrons. The van der Waals surface area contributed by atoms with E-state index in [1.165, 1.54) is 11.2 Å². The Hall–Kier alpha value is -2.25. The van der Waals surface area contributed by atoms with Crippen molar-refractivity contribution in [3.8, 4) is 11.5 Å². The van der Waals surface area contributed by atoms with Crippen molar-refractivity contribution in [3.05, 3.63) is 46.5 Å². The molecule has 98 valence electrons. The number of anilines is 1. The summed E-state index contributed by atoms with van der Waals surface area (Å²) in [4.78, 5) is 25.9. The largest absolute Gasteiger partial charge is 0.349 e. The van der Waals surface area contributed by atoms with Gasteiger partial charge in [-0.2, -0.15) is 9.97 Å². The molecule has 2 rings (SSSR count). The van der Waals surface area contributed by atoms with Gasteiger partial charge in [0.2, 0.25) is 5.95 Å². The van der Waals surface area contributed by atoms with Gasteiger partial charge < -0.3 is 0 Å². The van der Waals surface area contributed by atoms with Crippen LogP contribution in [0, 0.1) is 0 Å². The maximum atomic E-state index is 11.5. The van der Waals surface area contributed by atoms with Crippen molar-refractivity contribution < 1.29 is 0 Å². The van der Waals surface area contributed by atoms with E-state index in [1.54, 1.807) is 18.2 Å². The molecule has 2 aromatic heterocycles. The second-order valence-electron chi connectivity index (χ2n) is 3.60. The number of nitrogens with two attached hydrogens (primary N) is 1. The number of H-pyrrole nitrogens is 1. The van der Waals surface area contributed by atoms with Crippen molar-refractivity contribution in [2.24, 2.45) is 5.84 Å². The van der Waals surface area contributed by atoms with E-state index in [-0.39, 0.29) is 11.8 Å². The molecule has 19 heavy (non-hydrogen) atoms. The fraction of sp³-hybridized carbons (Fsp3) is 0.0909. The molecule has 0 fully saturated rings. The topological polar surface area (TPSA) is 101 Å². The molecule has 0 spiro atoms. The predicted octanol–water partition coefficient (Wildman–Crippen LogP) is 0.746. The van der Waals surface area contributed by atoms with Gasteiger partial charge in [-0.3, -0.25) is 15.0 Å². The highest BCUT2D eigenvalue weighted by atomic mass is 35.5. The van der Waals surface area contributed by atoms with Gasteiger partial charge in [0.25, 0.3) is 0 Å². The molecule has 0 aliphatic rings. The Morgan fingerprint density at radius 3 is 3.00 bits per heavy atom. The Kier molecular flexibility index (Phi) is 3.88. The molecule has 3 N–H and O–H groups in total. The zero-order chi connectivity index (χ0) is 13.8. The van der Waals surface area contributed by atoms with Crippen molar-refractivity contribution in [2.75, 3.05) is 11.6 Å². The monoisotopic (exact) mass is 278 g/mol. The number of hydrazine groups is 1. The number of aromatic nitrogens is 4. The molecule has 0 aromatic carbocycles. The van der Waals surface area contributed by atoms with Crippen LogP contribution in [0.1, 0.15) is 0 Å². The van der Waals surface area contributed by atoms with Crippen molar-refractivity contribution in [3.63, 3.8) is 0 Å². The van der Waals surface area contributed by atoms with Gasteiger partial charge in [0.05, 0.1) is 6.54 Å². The quantitative estimate of drug-likeness (QED) is 0.486. The van der Waals surface area contributed by atoms with E-state index >= 15 is 0 Å². The van der Waals surface area contributed by atoms with E-state index in [1.807, 2.05) is 0 Å². The minimum atomic E-state index is -0.568. The number of hydrogen-bond donors (Lipinski definition) is 2. The molecule has 0 amide bonds. The number of pyridine rings is 1. The normalized spacial score (nSPS) is 10.2. The number of rotatable bonds is 4. The lowest BCUT2D eigenvalue weighted by Crippen LogP contribution is -2.34. The highest BCUT2D eigenvalue weighted by Crippen LogP contribution is 2.16. The van der Waals surface area contributed by atoms with Crippen LogP contribution in [0.2, 0.25) is 5.02 Å². The molecular weight excluding hydrogens is 268 g/mol. The SMILES string of the molecule is C=CCN(N)c1nc(-c2cc(Cl)ccn2)[nH]c(=O)n1. The number of hydrogen-bond acceptors (Lipinski definition) is 6. The van der Waals surface area contributed by atoms with Gasteiger partial charge in [-0.1, -0.05) is 17.7 Å². The summed E-state index contributed by atoms with van der Waals surface area (Å²) in [7, 11) is 0. The van der Waals surface area contributed by atoms with E-state index in [0.29, 0.717) is 17.3 Å². The van der Waals surface area contributed by atoms with Gasteiger partial charge in [-0.05, 0) is 12.1 Å². The summed E-state index contributed by atoms with van der Waals surface area (Å²) in [6, 6.07) is 3.20. The first-order valence-corrected chi connectivity index (χ1v) is 5.71. The highest BCUT2D eigenvalue weighted by molar-refractivity contribution is 6.30. The third kappa shape index (κ3) is 3.15. The molecule has 2 heterocycles. The van der Waals surface area contributed by atoms with Crippen LogP contribution < -0.4 is 16.5 Å². The maximum Gasteiger partial charge on any atom is 0.349 e. The Bertz CT molecular complexity index is 656. The molecule has 0 saturated carbocycles. The van der Waals surface area contributed by atoms with Crippen LogP contribution in [0.15, 0.2) is 35.8 Å². The van der Waals surface area contributed by atoms with Gasteiger partial charge in [0.1, 0.15) is 5.69 Å². The summed E-state index contributed by atoms with van der Waals surface area (Å²) in [6.45, 7) is 3.86. The fourth-order valence-corrected chi connectivity index (χ4v) is 1.54. The smallest absolute Gasteiger partial charge is 0.288 e. The first-order valence-electron chi connectivity index (χ1n) is 5.33. The van der Waals surface area contributed by atoms with Crippen LogP contribution in [0.5, 0.6) is 0 Å². The molecule has 0 bridgehead atoms. The predicted molar refractivity (Wildman–Crippen MR) is 72.6 cm³/mol. The van der Waals surface area contributed by atoms with Gasteiger partial charge in [-0.15, -0.1) is 6.58 Å². The number of nitrogens with zero attached hydrogens (tertiary/aromatic N) is 4. The fourth-order valence-electron chi connectivity index (χ4n) is 1.38. The summed E-state index contributed by atoms with van der Waals surface area (Å²) < 4.78 is 0. The Morgan fingerprint density at radius 1 is 1.53 bits per heavy atom. The molecule has 0 unspecified atom stereocenters. The van der Waals surface area contributed by atoms with E-state index < -0.39 is 5.69 Å². The average molecular weight is 279 g/mol. The second-order valence-corrected chi connectivity index (χ2v) is 4.04. The van der Waals surface area contributed by atoms with E-state index in [2.05, 4.69) is 26.5 Å². The van der Waals surface area contributed by atoms with Crippen molar-refractivity contribution in [1.29, 1.82) is 0 Å². The minimum absolute atomic E-state index is 0.0837. The Labute approximate surface area is 113 Å². The van der Waals surface area contributed by atoms with Crippen LogP contribution in [0.25, 0.3) is 11.5 Å². The molecule has 0 saturated heterocycles. The maximum absolute atomic E-state index is 11.5. The summed E-state index contributed by atoms with van der Waals surface area (Å²) in [5, 5.41) is 1.69. The van der Waals surface area contributed by atoms with Gasteiger partial charge >= 0.3 is 5.69 Å².